The number of allylic oxidation sites excluding steroid dienone is 1. The largest absolute Gasteiger partial charge is 0.219 e. The second kappa shape index (κ2) is 3.08. The van der Waals surface area contributed by atoms with Crippen molar-refractivity contribution in [3.05, 3.63) is 33.1 Å². The molecule has 0 fully saturated rings. The summed E-state index contributed by atoms with van der Waals surface area (Å²) in [5.74, 6) is 0. The lowest BCUT2D eigenvalue weighted by Crippen LogP contribution is -1.97. The Morgan fingerprint density at radius 3 is 2.64 bits per heavy atom. The Morgan fingerprint density at radius 2 is 2.00 bits per heavy atom. The predicted octanol–water partition coefficient (Wildman–Crippen LogP) is 3.16. The van der Waals surface area contributed by atoms with Crippen LogP contribution in [0, 0.1) is 0 Å². The maximum atomic E-state index is 11.8. The van der Waals surface area contributed by atoms with Gasteiger partial charge in [0.25, 0.3) is 0 Å². The van der Waals surface area contributed by atoms with Crippen LogP contribution in [-0.2, 0) is 9.84 Å². The van der Waals surface area contributed by atoms with Gasteiger partial charge in [0, 0.05) is 10.0 Å². The minimum absolute atomic E-state index is 0.229. The van der Waals surface area contributed by atoms with Crippen LogP contribution in [0.1, 0.15) is 12.5 Å². The lowest BCUT2D eigenvalue weighted by atomic mass is 10.2. The Morgan fingerprint density at radius 1 is 1.36 bits per heavy atom. The molecule has 1 aromatic rings. The third kappa shape index (κ3) is 1.25. The topological polar surface area (TPSA) is 34.1 Å². The van der Waals surface area contributed by atoms with Gasteiger partial charge in [-0.3, -0.25) is 0 Å². The summed E-state index contributed by atoms with van der Waals surface area (Å²) in [6.45, 7) is 1.52. The number of halogens is 2. The molecule has 14 heavy (non-hydrogen) atoms. The maximum absolute atomic E-state index is 11.8. The average Bonchev–Trinajstić information content (AvgIpc) is 2.29. The van der Waals surface area contributed by atoms with Gasteiger partial charge >= 0.3 is 0 Å². The molecular weight excluding hydrogens is 288 g/mol. The van der Waals surface area contributed by atoms with Gasteiger partial charge in [0.15, 0.2) is 0 Å². The summed E-state index contributed by atoms with van der Waals surface area (Å²) in [4.78, 5) is 0.515. The lowest BCUT2D eigenvalue weighted by Gasteiger charge is -1.99. The maximum Gasteiger partial charge on any atom is 0.204 e. The first-order valence-electron chi connectivity index (χ1n) is 3.86. The molecule has 0 radical (unpaired) electrons. The molecule has 1 aliphatic heterocycles. The summed E-state index contributed by atoms with van der Waals surface area (Å²) in [6.07, 6.45) is 0. The molecular formula is C9H6BrClO2S. The van der Waals surface area contributed by atoms with E-state index in [1.165, 1.54) is 6.92 Å². The van der Waals surface area contributed by atoms with Gasteiger partial charge in [-0.2, -0.15) is 0 Å². The molecule has 1 heterocycles. The van der Waals surface area contributed by atoms with Gasteiger partial charge < -0.3 is 0 Å². The van der Waals surface area contributed by atoms with E-state index < -0.39 is 9.84 Å². The zero-order valence-electron chi connectivity index (χ0n) is 7.21. The molecule has 1 aliphatic rings. The Bertz CT molecular complexity index is 546. The molecule has 0 N–H and O–H groups in total. The summed E-state index contributed by atoms with van der Waals surface area (Å²) >= 11 is 9.15. The van der Waals surface area contributed by atoms with Gasteiger partial charge in [0.2, 0.25) is 9.84 Å². The Kier molecular flexibility index (Phi) is 2.25. The van der Waals surface area contributed by atoms with Gasteiger partial charge in [-0.15, -0.1) is 0 Å². The van der Waals surface area contributed by atoms with E-state index in [4.69, 9.17) is 11.6 Å². The van der Waals surface area contributed by atoms with Crippen LogP contribution in [-0.4, -0.2) is 8.42 Å². The second-order valence-corrected chi connectivity index (χ2v) is 6.37. The van der Waals surface area contributed by atoms with Crippen LogP contribution >= 0.6 is 27.5 Å². The van der Waals surface area contributed by atoms with E-state index in [0.29, 0.717) is 10.6 Å². The van der Waals surface area contributed by atoms with Crippen LogP contribution < -0.4 is 0 Å². The molecule has 0 aromatic heterocycles. The third-order valence-corrected chi connectivity index (χ3v) is 5.20. The molecule has 0 saturated heterocycles. The predicted molar refractivity (Wildman–Crippen MR) is 59.8 cm³/mol. The zero-order chi connectivity index (χ0) is 10.5. The summed E-state index contributed by atoms with van der Waals surface area (Å²) in [7, 11) is -3.34. The molecule has 0 unspecified atom stereocenters. The number of benzene rings is 1. The van der Waals surface area contributed by atoms with Crippen molar-refractivity contribution < 1.29 is 8.42 Å². The van der Waals surface area contributed by atoms with Gasteiger partial charge in [0.05, 0.1) is 14.8 Å². The summed E-state index contributed by atoms with van der Waals surface area (Å²) in [5.41, 5.74) is 0.590. The number of sulfone groups is 1. The molecule has 0 atom stereocenters. The number of fused-ring (bicyclic) bond motifs is 1. The Labute approximate surface area is 95.6 Å². The van der Waals surface area contributed by atoms with Gasteiger partial charge in [-0.25, -0.2) is 8.42 Å². The molecule has 5 heteroatoms. The monoisotopic (exact) mass is 292 g/mol. The molecule has 0 bridgehead atoms. The fourth-order valence-electron chi connectivity index (χ4n) is 1.37. The van der Waals surface area contributed by atoms with Crippen molar-refractivity contribution in [2.24, 2.45) is 0 Å². The van der Waals surface area contributed by atoms with Crippen molar-refractivity contribution in [3.63, 3.8) is 0 Å². The van der Waals surface area contributed by atoms with Crippen molar-refractivity contribution in [1.29, 1.82) is 0 Å². The summed E-state index contributed by atoms with van der Waals surface area (Å²) < 4.78 is 24.3. The lowest BCUT2D eigenvalue weighted by molar-refractivity contribution is 0.603. The van der Waals surface area contributed by atoms with Crippen LogP contribution in [0.3, 0.4) is 0 Å². The van der Waals surface area contributed by atoms with Crippen molar-refractivity contribution in [2.75, 3.05) is 0 Å². The van der Waals surface area contributed by atoms with Crippen molar-refractivity contribution in [1.82, 2.24) is 0 Å². The standard InChI is InChI=1S/C9H6BrClO2S/c1-5-9(11)7-3-2-6(10)4-8(7)14(5,12)13/h2-4H,1H3. The van der Waals surface area contributed by atoms with Crippen molar-refractivity contribution in [2.45, 2.75) is 11.8 Å². The molecule has 1 aromatic carbocycles. The van der Waals surface area contributed by atoms with E-state index in [1.807, 2.05) is 0 Å². The van der Waals surface area contributed by atoms with E-state index >= 15 is 0 Å². The van der Waals surface area contributed by atoms with E-state index in [0.717, 1.165) is 4.47 Å². The fourth-order valence-corrected chi connectivity index (χ4v) is 3.83. The summed E-state index contributed by atoms with van der Waals surface area (Å²) in [5, 5.41) is 0.326. The smallest absolute Gasteiger partial charge is 0.204 e. The molecule has 2 nitrogen and oxygen atoms in total. The van der Waals surface area contributed by atoms with Crippen LogP contribution in [0.2, 0.25) is 0 Å². The third-order valence-electron chi connectivity index (χ3n) is 2.18. The Balaban J connectivity index is 2.87. The van der Waals surface area contributed by atoms with Crippen LogP contribution in [0.25, 0.3) is 5.03 Å². The van der Waals surface area contributed by atoms with Crippen molar-refractivity contribution in [3.8, 4) is 0 Å². The van der Waals surface area contributed by atoms with Crippen LogP contribution in [0.5, 0.6) is 0 Å². The zero-order valence-corrected chi connectivity index (χ0v) is 10.4. The molecule has 0 spiro atoms. The first-order valence-corrected chi connectivity index (χ1v) is 6.51. The highest BCUT2D eigenvalue weighted by Crippen LogP contribution is 2.41. The van der Waals surface area contributed by atoms with Crippen molar-refractivity contribution >= 4 is 42.4 Å². The summed E-state index contributed by atoms with van der Waals surface area (Å²) in [6, 6.07) is 5.05. The van der Waals surface area contributed by atoms with Gasteiger partial charge in [0.1, 0.15) is 0 Å². The normalized spacial score (nSPS) is 18.5. The Hall–Kier alpha value is -0.320. The highest BCUT2D eigenvalue weighted by atomic mass is 79.9. The van der Waals surface area contributed by atoms with E-state index in [9.17, 15) is 8.42 Å². The van der Waals surface area contributed by atoms with E-state index in [1.54, 1.807) is 18.2 Å². The minimum Gasteiger partial charge on any atom is -0.219 e. The average molecular weight is 294 g/mol. The molecule has 0 amide bonds. The van der Waals surface area contributed by atoms with Crippen LogP contribution in [0.15, 0.2) is 32.5 Å². The quantitative estimate of drug-likeness (QED) is 0.736. The number of rotatable bonds is 0. The first kappa shape index (κ1) is 10.2. The minimum atomic E-state index is -3.34. The van der Waals surface area contributed by atoms with Crippen LogP contribution in [0.4, 0.5) is 0 Å². The molecule has 2 rings (SSSR count). The molecule has 0 aliphatic carbocycles. The second-order valence-electron chi connectivity index (χ2n) is 3.01. The number of hydrogen-bond donors (Lipinski definition) is 0. The van der Waals surface area contributed by atoms with Gasteiger partial charge in [-0.1, -0.05) is 33.6 Å². The first-order chi connectivity index (χ1) is 6.44. The fraction of sp³-hybridized carbons (Fsp3) is 0.111. The SMILES string of the molecule is CC1=C(Cl)c2ccc(Br)cc2S1(=O)=O. The van der Waals surface area contributed by atoms with E-state index in [2.05, 4.69) is 15.9 Å². The number of hydrogen-bond acceptors (Lipinski definition) is 2. The van der Waals surface area contributed by atoms with Gasteiger partial charge in [-0.05, 0) is 19.1 Å². The highest BCUT2D eigenvalue weighted by molar-refractivity contribution is 9.10. The molecule has 0 saturated carbocycles. The highest BCUT2D eigenvalue weighted by Gasteiger charge is 2.31. The van der Waals surface area contributed by atoms with E-state index in [-0.39, 0.29) is 9.80 Å². The molecule has 74 valence electrons.